The average molecular weight is 252 g/mol. The SMILES string of the molecule is CCCCC1CCC(C(O)C2CCCCC2)CC1. The van der Waals surface area contributed by atoms with Crippen molar-refractivity contribution in [1.29, 1.82) is 0 Å². The number of aliphatic hydroxyl groups is 1. The van der Waals surface area contributed by atoms with Crippen LogP contribution in [0.2, 0.25) is 0 Å². The lowest BCUT2D eigenvalue weighted by Crippen LogP contribution is -2.33. The lowest BCUT2D eigenvalue weighted by Gasteiger charge is -2.36. The van der Waals surface area contributed by atoms with Gasteiger partial charge in [0.2, 0.25) is 0 Å². The molecule has 0 radical (unpaired) electrons. The van der Waals surface area contributed by atoms with Crippen LogP contribution >= 0.6 is 0 Å². The molecule has 0 heterocycles. The number of unbranched alkanes of at least 4 members (excludes halogenated alkanes) is 1. The van der Waals surface area contributed by atoms with Crippen molar-refractivity contribution < 1.29 is 5.11 Å². The van der Waals surface area contributed by atoms with E-state index in [0.29, 0.717) is 11.8 Å². The van der Waals surface area contributed by atoms with E-state index in [0.717, 1.165) is 5.92 Å². The molecule has 0 aromatic carbocycles. The van der Waals surface area contributed by atoms with Gasteiger partial charge in [-0.2, -0.15) is 0 Å². The molecule has 1 N–H and O–H groups in total. The second-order valence-corrected chi connectivity index (χ2v) is 6.81. The first-order valence-electron chi connectivity index (χ1n) is 8.49. The lowest BCUT2D eigenvalue weighted by atomic mass is 9.72. The van der Waals surface area contributed by atoms with E-state index in [4.69, 9.17) is 0 Å². The Kier molecular flexibility index (Phi) is 6.01. The molecule has 1 unspecified atom stereocenters. The Morgan fingerprint density at radius 1 is 0.889 bits per heavy atom. The summed E-state index contributed by atoms with van der Waals surface area (Å²) in [6, 6.07) is 0. The van der Waals surface area contributed by atoms with Gasteiger partial charge < -0.3 is 5.11 Å². The van der Waals surface area contributed by atoms with Crippen molar-refractivity contribution >= 4 is 0 Å². The minimum atomic E-state index is 0.0254. The molecule has 2 fully saturated rings. The third-order valence-corrected chi connectivity index (χ3v) is 5.47. The minimum absolute atomic E-state index is 0.0254. The van der Waals surface area contributed by atoms with E-state index in [2.05, 4.69) is 6.92 Å². The summed E-state index contributed by atoms with van der Waals surface area (Å²) in [7, 11) is 0. The van der Waals surface area contributed by atoms with Crippen molar-refractivity contribution in [3.8, 4) is 0 Å². The maximum Gasteiger partial charge on any atom is 0.0596 e. The molecule has 1 heteroatoms. The predicted octanol–water partition coefficient (Wildman–Crippen LogP) is 4.92. The average Bonchev–Trinajstić information content (AvgIpc) is 2.46. The summed E-state index contributed by atoms with van der Waals surface area (Å²) in [5, 5.41) is 10.6. The zero-order chi connectivity index (χ0) is 12.8. The predicted molar refractivity (Wildman–Crippen MR) is 77.6 cm³/mol. The van der Waals surface area contributed by atoms with Gasteiger partial charge in [0.05, 0.1) is 6.10 Å². The van der Waals surface area contributed by atoms with E-state index in [1.54, 1.807) is 0 Å². The van der Waals surface area contributed by atoms with Crippen LogP contribution in [0.1, 0.15) is 84.0 Å². The highest BCUT2D eigenvalue weighted by atomic mass is 16.3. The first kappa shape index (κ1) is 14.4. The van der Waals surface area contributed by atoms with Gasteiger partial charge in [0, 0.05) is 0 Å². The van der Waals surface area contributed by atoms with Crippen LogP contribution in [-0.2, 0) is 0 Å². The van der Waals surface area contributed by atoms with Crippen LogP contribution in [0.4, 0.5) is 0 Å². The molecule has 0 amide bonds. The molecular weight excluding hydrogens is 220 g/mol. The van der Waals surface area contributed by atoms with Gasteiger partial charge in [-0.1, -0.05) is 58.3 Å². The van der Waals surface area contributed by atoms with E-state index in [9.17, 15) is 5.11 Å². The van der Waals surface area contributed by atoms with Crippen LogP contribution in [0.15, 0.2) is 0 Å². The van der Waals surface area contributed by atoms with Gasteiger partial charge in [-0.15, -0.1) is 0 Å². The topological polar surface area (TPSA) is 20.2 Å². The molecule has 0 aliphatic heterocycles. The molecular formula is C17H32O. The molecule has 0 bridgehead atoms. The van der Waals surface area contributed by atoms with Crippen LogP contribution in [0, 0.1) is 17.8 Å². The molecule has 0 spiro atoms. The van der Waals surface area contributed by atoms with Crippen LogP contribution in [0.25, 0.3) is 0 Å². The van der Waals surface area contributed by atoms with Crippen LogP contribution in [-0.4, -0.2) is 11.2 Å². The second-order valence-electron chi connectivity index (χ2n) is 6.81. The van der Waals surface area contributed by atoms with E-state index in [1.165, 1.54) is 77.0 Å². The van der Waals surface area contributed by atoms with Crippen LogP contribution in [0.3, 0.4) is 0 Å². The molecule has 2 aliphatic rings. The lowest BCUT2D eigenvalue weighted by molar-refractivity contribution is 0.0116. The molecule has 0 aromatic rings. The summed E-state index contributed by atoms with van der Waals surface area (Å²) in [6.07, 6.45) is 16.2. The fraction of sp³-hybridized carbons (Fsp3) is 1.00. The van der Waals surface area contributed by atoms with Crippen LogP contribution in [0.5, 0.6) is 0 Å². The summed E-state index contributed by atoms with van der Waals surface area (Å²) in [6.45, 7) is 2.29. The van der Waals surface area contributed by atoms with Gasteiger partial charge in [-0.05, 0) is 43.4 Å². The zero-order valence-electron chi connectivity index (χ0n) is 12.2. The normalized spacial score (nSPS) is 32.3. The molecule has 0 saturated heterocycles. The largest absolute Gasteiger partial charge is 0.393 e. The Balaban J connectivity index is 1.71. The van der Waals surface area contributed by atoms with Gasteiger partial charge >= 0.3 is 0 Å². The molecule has 2 rings (SSSR count). The fourth-order valence-electron chi connectivity index (χ4n) is 4.17. The quantitative estimate of drug-likeness (QED) is 0.736. The molecule has 18 heavy (non-hydrogen) atoms. The highest BCUT2D eigenvalue weighted by Crippen LogP contribution is 2.38. The van der Waals surface area contributed by atoms with E-state index < -0.39 is 0 Å². The Hall–Kier alpha value is -0.0400. The first-order chi connectivity index (χ1) is 8.81. The smallest absolute Gasteiger partial charge is 0.0596 e. The van der Waals surface area contributed by atoms with E-state index in [-0.39, 0.29) is 6.10 Å². The third kappa shape index (κ3) is 3.98. The van der Waals surface area contributed by atoms with Crippen LogP contribution < -0.4 is 0 Å². The Morgan fingerprint density at radius 2 is 1.50 bits per heavy atom. The first-order valence-corrected chi connectivity index (χ1v) is 8.49. The molecule has 0 aromatic heterocycles. The Labute approximate surface area is 113 Å². The van der Waals surface area contributed by atoms with Gasteiger partial charge in [0.25, 0.3) is 0 Å². The van der Waals surface area contributed by atoms with E-state index in [1.807, 2.05) is 0 Å². The van der Waals surface area contributed by atoms with Gasteiger partial charge in [0.15, 0.2) is 0 Å². The Morgan fingerprint density at radius 3 is 2.11 bits per heavy atom. The number of hydrogen-bond donors (Lipinski definition) is 1. The standard InChI is InChI=1S/C17H32O/c1-2-3-7-14-10-12-16(13-11-14)17(18)15-8-5-4-6-9-15/h14-18H,2-13H2,1H3. The summed E-state index contributed by atoms with van der Waals surface area (Å²) in [5.41, 5.74) is 0. The van der Waals surface area contributed by atoms with Crippen molar-refractivity contribution in [1.82, 2.24) is 0 Å². The maximum atomic E-state index is 10.6. The van der Waals surface area contributed by atoms with Gasteiger partial charge in [0.1, 0.15) is 0 Å². The highest BCUT2D eigenvalue weighted by molar-refractivity contribution is 4.83. The fourth-order valence-corrected chi connectivity index (χ4v) is 4.17. The van der Waals surface area contributed by atoms with Crippen molar-refractivity contribution in [3.63, 3.8) is 0 Å². The number of hydrogen-bond acceptors (Lipinski definition) is 1. The second kappa shape index (κ2) is 7.53. The molecule has 106 valence electrons. The Bertz CT molecular complexity index is 212. The van der Waals surface area contributed by atoms with Crippen molar-refractivity contribution in [2.75, 3.05) is 0 Å². The molecule has 2 aliphatic carbocycles. The zero-order valence-corrected chi connectivity index (χ0v) is 12.2. The summed E-state index contributed by atoms with van der Waals surface area (Å²) in [4.78, 5) is 0. The number of rotatable bonds is 5. The molecule has 1 atom stereocenters. The molecule has 2 saturated carbocycles. The van der Waals surface area contributed by atoms with Gasteiger partial charge in [-0.3, -0.25) is 0 Å². The van der Waals surface area contributed by atoms with E-state index >= 15 is 0 Å². The van der Waals surface area contributed by atoms with Crippen molar-refractivity contribution in [3.05, 3.63) is 0 Å². The molecule has 1 nitrogen and oxygen atoms in total. The van der Waals surface area contributed by atoms with Gasteiger partial charge in [-0.25, -0.2) is 0 Å². The summed E-state index contributed by atoms with van der Waals surface area (Å²) < 4.78 is 0. The third-order valence-electron chi connectivity index (χ3n) is 5.47. The summed E-state index contributed by atoms with van der Waals surface area (Å²) >= 11 is 0. The minimum Gasteiger partial charge on any atom is -0.393 e. The van der Waals surface area contributed by atoms with Crippen molar-refractivity contribution in [2.45, 2.75) is 90.1 Å². The van der Waals surface area contributed by atoms with Crippen molar-refractivity contribution in [2.24, 2.45) is 17.8 Å². The number of aliphatic hydroxyl groups excluding tert-OH is 1. The summed E-state index contributed by atoms with van der Waals surface area (Å²) in [5.74, 6) is 2.24. The maximum absolute atomic E-state index is 10.6. The highest BCUT2D eigenvalue weighted by Gasteiger charge is 2.31. The monoisotopic (exact) mass is 252 g/mol.